The molecule has 0 bridgehead atoms. The Morgan fingerprint density at radius 3 is 2.13 bits per heavy atom. The molecule has 0 aliphatic rings. The van der Waals surface area contributed by atoms with Gasteiger partial charge < -0.3 is 13.6 Å². The van der Waals surface area contributed by atoms with Gasteiger partial charge in [0.1, 0.15) is 11.5 Å². The van der Waals surface area contributed by atoms with E-state index in [-0.39, 0.29) is 6.10 Å². The van der Waals surface area contributed by atoms with Crippen molar-refractivity contribution >= 4 is 0 Å². The highest BCUT2D eigenvalue weighted by atomic mass is 16.5. The molecule has 0 saturated heterocycles. The van der Waals surface area contributed by atoms with E-state index in [1.165, 1.54) is 0 Å². The Labute approximate surface area is 88.7 Å². The van der Waals surface area contributed by atoms with Crippen molar-refractivity contribution in [2.45, 2.75) is 12.5 Å². The van der Waals surface area contributed by atoms with Crippen LogP contribution in [0.5, 0.6) is 0 Å². The van der Waals surface area contributed by atoms with E-state index in [1.54, 1.807) is 12.5 Å². The molecule has 2 aromatic rings. The maximum Gasteiger partial charge on any atom is 0.172 e. The van der Waals surface area contributed by atoms with Crippen LogP contribution in [-0.2, 0) is 4.74 Å². The van der Waals surface area contributed by atoms with E-state index in [9.17, 15) is 0 Å². The quantitative estimate of drug-likeness (QED) is 0.751. The molecule has 2 rings (SSSR count). The van der Waals surface area contributed by atoms with Crippen molar-refractivity contribution in [2.75, 3.05) is 6.61 Å². The fraction of sp³-hybridized carbons (Fsp3) is 0.250. The highest BCUT2D eigenvalue weighted by Crippen LogP contribution is 2.26. The minimum atomic E-state index is -0.267. The Bertz CT molecular complexity index is 327. The van der Waals surface area contributed by atoms with Gasteiger partial charge in [0.25, 0.3) is 0 Å². The van der Waals surface area contributed by atoms with Gasteiger partial charge in [-0.05, 0) is 30.7 Å². The molecule has 0 aliphatic heterocycles. The molecule has 0 N–H and O–H groups in total. The zero-order chi connectivity index (χ0) is 10.5. The summed E-state index contributed by atoms with van der Waals surface area (Å²) in [5.74, 6) is 1.50. The molecule has 1 radical (unpaired) electrons. The van der Waals surface area contributed by atoms with Crippen molar-refractivity contribution in [3.8, 4) is 0 Å². The van der Waals surface area contributed by atoms with Crippen molar-refractivity contribution in [3.05, 3.63) is 55.2 Å². The lowest BCUT2D eigenvalue weighted by Crippen LogP contribution is -2.05. The molecule has 2 aromatic heterocycles. The van der Waals surface area contributed by atoms with Crippen molar-refractivity contribution in [3.63, 3.8) is 0 Å². The Balaban J connectivity index is 2.17. The molecular formula is C12H13O3. The van der Waals surface area contributed by atoms with Crippen molar-refractivity contribution in [1.29, 1.82) is 0 Å². The Morgan fingerprint density at radius 1 is 1.13 bits per heavy atom. The van der Waals surface area contributed by atoms with E-state index < -0.39 is 0 Å². The molecule has 0 atom stereocenters. The van der Waals surface area contributed by atoms with Crippen LogP contribution in [0.3, 0.4) is 0 Å². The van der Waals surface area contributed by atoms with Gasteiger partial charge >= 0.3 is 0 Å². The molecule has 2 heterocycles. The summed E-state index contributed by atoms with van der Waals surface area (Å²) in [6.45, 7) is 4.31. The van der Waals surface area contributed by atoms with Crippen LogP contribution in [0.1, 0.15) is 24.0 Å². The van der Waals surface area contributed by atoms with Crippen LogP contribution in [0, 0.1) is 6.92 Å². The van der Waals surface area contributed by atoms with Crippen molar-refractivity contribution < 1.29 is 13.6 Å². The van der Waals surface area contributed by atoms with Gasteiger partial charge in [0.05, 0.1) is 12.5 Å². The van der Waals surface area contributed by atoms with Gasteiger partial charge in [-0.15, -0.1) is 0 Å². The third kappa shape index (κ3) is 2.30. The van der Waals surface area contributed by atoms with E-state index in [0.717, 1.165) is 17.9 Å². The van der Waals surface area contributed by atoms with Gasteiger partial charge in [0.2, 0.25) is 0 Å². The first-order valence-corrected chi connectivity index (χ1v) is 4.89. The van der Waals surface area contributed by atoms with E-state index in [0.29, 0.717) is 6.61 Å². The Morgan fingerprint density at radius 2 is 1.73 bits per heavy atom. The zero-order valence-corrected chi connectivity index (χ0v) is 8.39. The van der Waals surface area contributed by atoms with Gasteiger partial charge in [-0.25, -0.2) is 0 Å². The summed E-state index contributed by atoms with van der Waals surface area (Å²) in [4.78, 5) is 0. The van der Waals surface area contributed by atoms with Crippen LogP contribution in [-0.4, -0.2) is 6.61 Å². The smallest absolute Gasteiger partial charge is 0.172 e. The summed E-state index contributed by atoms with van der Waals surface area (Å²) in [7, 11) is 0. The lowest BCUT2D eigenvalue weighted by Gasteiger charge is -2.12. The number of furan rings is 2. The second-order valence-corrected chi connectivity index (χ2v) is 3.14. The topological polar surface area (TPSA) is 35.5 Å². The highest BCUT2D eigenvalue weighted by molar-refractivity contribution is 5.15. The molecule has 0 fully saturated rings. The third-order valence-corrected chi connectivity index (χ3v) is 2.03. The number of rotatable bonds is 5. The highest BCUT2D eigenvalue weighted by Gasteiger charge is 2.19. The third-order valence-electron chi connectivity index (χ3n) is 2.03. The summed E-state index contributed by atoms with van der Waals surface area (Å²) in [6.07, 6.45) is 3.70. The average molecular weight is 205 g/mol. The molecule has 0 saturated carbocycles. The van der Waals surface area contributed by atoms with Crippen LogP contribution >= 0.6 is 0 Å². The first-order valence-electron chi connectivity index (χ1n) is 4.89. The predicted octanol–water partition coefficient (Wildman–Crippen LogP) is 3.20. The molecule has 0 spiro atoms. The Hall–Kier alpha value is -1.48. The van der Waals surface area contributed by atoms with Crippen LogP contribution in [0.25, 0.3) is 0 Å². The first-order chi connectivity index (χ1) is 7.42. The van der Waals surface area contributed by atoms with E-state index >= 15 is 0 Å². The monoisotopic (exact) mass is 205 g/mol. The summed E-state index contributed by atoms with van der Waals surface area (Å²) < 4.78 is 16.3. The molecule has 0 aliphatic carbocycles. The lowest BCUT2D eigenvalue weighted by atomic mass is 10.2. The van der Waals surface area contributed by atoms with Crippen LogP contribution < -0.4 is 0 Å². The van der Waals surface area contributed by atoms with E-state index in [2.05, 4.69) is 6.92 Å². The summed E-state index contributed by atoms with van der Waals surface area (Å²) in [6, 6.07) is 7.41. The predicted molar refractivity (Wildman–Crippen MR) is 55.2 cm³/mol. The fourth-order valence-electron chi connectivity index (χ4n) is 1.39. The average Bonchev–Trinajstić information content (AvgIpc) is 2.90. The fourth-order valence-corrected chi connectivity index (χ4v) is 1.39. The molecular weight excluding hydrogens is 192 g/mol. The molecule has 0 unspecified atom stereocenters. The number of hydrogen-bond acceptors (Lipinski definition) is 3. The standard InChI is InChI=1S/C12H13O3/c1-2-7-15-12(10-5-3-8-13-10)11-6-4-9-14-11/h3-6,8-9,12H,1-2,7H2. The van der Waals surface area contributed by atoms with E-state index in [1.807, 2.05) is 24.3 Å². The SMILES string of the molecule is [CH2]CCOC(c1ccco1)c1ccco1. The zero-order valence-electron chi connectivity index (χ0n) is 8.39. The van der Waals surface area contributed by atoms with E-state index in [4.69, 9.17) is 13.6 Å². The largest absolute Gasteiger partial charge is 0.466 e. The van der Waals surface area contributed by atoms with Gasteiger partial charge in [0.15, 0.2) is 6.10 Å². The van der Waals surface area contributed by atoms with Crippen LogP contribution in [0.2, 0.25) is 0 Å². The van der Waals surface area contributed by atoms with Crippen LogP contribution in [0.15, 0.2) is 45.6 Å². The minimum absolute atomic E-state index is 0.267. The Kier molecular flexibility index (Phi) is 3.25. The second-order valence-electron chi connectivity index (χ2n) is 3.14. The molecule has 3 heteroatoms. The van der Waals surface area contributed by atoms with Gasteiger partial charge in [0, 0.05) is 6.61 Å². The van der Waals surface area contributed by atoms with Gasteiger partial charge in [-0.2, -0.15) is 0 Å². The number of hydrogen-bond donors (Lipinski definition) is 0. The number of ether oxygens (including phenoxy) is 1. The van der Waals surface area contributed by atoms with Gasteiger partial charge in [-0.3, -0.25) is 0 Å². The molecule has 0 amide bonds. The normalized spacial score (nSPS) is 11.1. The van der Waals surface area contributed by atoms with Crippen molar-refractivity contribution in [2.24, 2.45) is 0 Å². The lowest BCUT2D eigenvalue weighted by molar-refractivity contribution is 0.0535. The maximum absolute atomic E-state index is 5.63. The summed E-state index contributed by atoms with van der Waals surface area (Å²) >= 11 is 0. The second kappa shape index (κ2) is 4.84. The van der Waals surface area contributed by atoms with Crippen LogP contribution in [0.4, 0.5) is 0 Å². The first kappa shape index (κ1) is 10.1. The summed E-state index contributed by atoms with van der Waals surface area (Å²) in [5.41, 5.74) is 0. The summed E-state index contributed by atoms with van der Waals surface area (Å²) in [5, 5.41) is 0. The maximum atomic E-state index is 5.63. The van der Waals surface area contributed by atoms with Crippen molar-refractivity contribution in [1.82, 2.24) is 0 Å². The van der Waals surface area contributed by atoms with Gasteiger partial charge in [-0.1, -0.05) is 6.92 Å². The molecule has 0 aromatic carbocycles. The molecule has 15 heavy (non-hydrogen) atoms. The molecule has 79 valence electrons. The minimum Gasteiger partial charge on any atom is -0.466 e. The molecule has 3 nitrogen and oxygen atoms in total.